The molecule has 0 heterocycles. The molecule has 6 nitrogen and oxygen atoms in total. The Bertz CT molecular complexity index is 982. The molecule has 0 saturated heterocycles. The predicted molar refractivity (Wildman–Crippen MR) is 87.0 cm³/mol. The molecule has 1 saturated carbocycles. The van der Waals surface area contributed by atoms with Gasteiger partial charge < -0.3 is 0 Å². The van der Waals surface area contributed by atoms with Crippen LogP contribution in [-0.2, 0) is 20.0 Å². The summed E-state index contributed by atoms with van der Waals surface area (Å²) in [5, 5.41) is 0. The number of anilines is 1. The summed E-state index contributed by atoms with van der Waals surface area (Å²) < 4.78 is 79.4. The van der Waals surface area contributed by atoms with Crippen molar-refractivity contribution >= 4 is 25.7 Å². The maximum atomic E-state index is 13.2. The number of hydrogen-bond donors (Lipinski definition) is 2. The minimum atomic E-state index is -4.12. The lowest BCUT2D eigenvalue weighted by atomic mass is 10.3. The zero-order chi connectivity index (χ0) is 18.2. The molecule has 0 spiro atoms. The SMILES string of the molecule is O=S(=O)(Nc1cc(F)cc(F)c1)c1ccc(S(=O)(=O)NC2CC2)cc1. The van der Waals surface area contributed by atoms with Crippen LogP contribution in [0.4, 0.5) is 14.5 Å². The van der Waals surface area contributed by atoms with Crippen LogP contribution in [0.5, 0.6) is 0 Å². The van der Waals surface area contributed by atoms with E-state index in [2.05, 4.69) is 4.72 Å². The van der Waals surface area contributed by atoms with E-state index in [0.29, 0.717) is 6.07 Å². The Morgan fingerprint density at radius 2 is 1.28 bits per heavy atom. The quantitative estimate of drug-likeness (QED) is 0.794. The van der Waals surface area contributed by atoms with E-state index >= 15 is 0 Å². The smallest absolute Gasteiger partial charge is 0.261 e. The molecule has 0 aromatic heterocycles. The van der Waals surface area contributed by atoms with Crippen molar-refractivity contribution in [3.8, 4) is 0 Å². The Morgan fingerprint density at radius 1 is 0.800 bits per heavy atom. The minimum absolute atomic E-state index is 0.0600. The summed E-state index contributed by atoms with van der Waals surface area (Å²) in [6.07, 6.45) is 1.56. The molecule has 0 atom stereocenters. The summed E-state index contributed by atoms with van der Waals surface area (Å²) in [6.45, 7) is 0. The molecule has 0 radical (unpaired) electrons. The van der Waals surface area contributed by atoms with Gasteiger partial charge in [-0.15, -0.1) is 0 Å². The Hall–Kier alpha value is -2.04. The average molecular weight is 388 g/mol. The van der Waals surface area contributed by atoms with E-state index in [-0.39, 0.29) is 21.5 Å². The topological polar surface area (TPSA) is 92.3 Å². The highest BCUT2D eigenvalue weighted by atomic mass is 32.2. The van der Waals surface area contributed by atoms with Gasteiger partial charge in [0, 0.05) is 12.1 Å². The molecule has 2 N–H and O–H groups in total. The van der Waals surface area contributed by atoms with E-state index in [4.69, 9.17) is 0 Å². The third-order valence-corrected chi connectivity index (χ3v) is 6.39. The van der Waals surface area contributed by atoms with Crippen LogP contribution in [0.3, 0.4) is 0 Å². The maximum absolute atomic E-state index is 13.2. The van der Waals surface area contributed by atoms with E-state index in [0.717, 1.165) is 49.2 Å². The van der Waals surface area contributed by atoms with Crippen LogP contribution in [0.15, 0.2) is 52.3 Å². The van der Waals surface area contributed by atoms with Crippen molar-refractivity contribution in [2.24, 2.45) is 0 Å². The van der Waals surface area contributed by atoms with E-state index in [9.17, 15) is 25.6 Å². The van der Waals surface area contributed by atoms with Crippen LogP contribution in [0, 0.1) is 11.6 Å². The molecule has 1 aliphatic carbocycles. The van der Waals surface area contributed by atoms with Gasteiger partial charge in [-0.3, -0.25) is 4.72 Å². The van der Waals surface area contributed by atoms with Crippen LogP contribution in [0.2, 0.25) is 0 Å². The van der Waals surface area contributed by atoms with E-state index in [1.165, 1.54) is 0 Å². The number of rotatable bonds is 6. The van der Waals surface area contributed by atoms with Crippen molar-refractivity contribution in [3.63, 3.8) is 0 Å². The average Bonchev–Trinajstić information content (AvgIpc) is 3.29. The van der Waals surface area contributed by atoms with Gasteiger partial charge in [-0.2, -0.15) is 0 Å². The third-order valence-electron chi connectivity index (χ3n) is 3.46. The first kappa shape index (κ1) is 17.8. The van der Waals surface area contributed by atoms with Crippen molar-refractivity contribution in [1.29, 1.82) is 0 Å². The molecule has 0 unspecified atom stereocenters. The molecule has 1 aliphatic rings. The van der Waals surface area contributed by atoms with Crippen LogP contribution in [0.25, 0.3) is 0 Å². The van der Waals surface area contributed by atoms with Crippen molar-refractivity contribution in [3.05, 3.63) is 54.1 Å². The molecule has 25 heavy (non-hydrogen) atoms. The molecular weight excluding hydrogens is 374 g/mol. The fourth-order valence-corrected chi connectivity index (χ4v) is 4.46. The highest BCUT2D eigenvalue weighted by Crippen LogP contribution is 2.23. The molecule has 0 bridgehead atoms. The van der Waals surface area contributed by atoms with Gasteiger partial charge in [0.1, 0.15) is 11.6 Å². The van der Waals surface area contributed by atoms with Gasteiger partial charge >= 0.3 is 0 Å². The largest absolute Gasteiger partial charge is 0.279 e. The first-order chi connectivity index (χ1) is 11.7. The number of nitrogens with one attached hydrogen (secondary N) is 2. The summed E-state index contributed by atoms with van der Waals surface area (Å²) in [4.78, 5) is -0.294. The summed E-state index contributed by atoms with van der Waals surface area (Å²) in [7, 11) is -7.81. The van der Waals surface area contributed by atoms with Gasteiger partial charge in [-0.05, 0) is 49.2 Å². The van der Waals surface area contributed by atoms with Gasteiger partial charge in [0.2, 0.25) is 10.0 Å². The molecular formula is C15H14F2N2O4S2. The molecule has 10 heteroatoms. The second-order valence-corrected chi connectivity index (χ2v) is 9.03. The Labute approximate surface area is 144 Å². The van der Waals surface area contributed by atoms with E-state index < -0.39 is 31.7 Å². The van der Waals surface area contributed by atoms with Gasteiger partial charge in [0.05, 0.1) is 15.5 Å². The van der Waals surface area contributed by atoms with Gasteiger partial charge in [0.25, 0.3) is 10.0 Å². The molecule has 0 amide bonds. The molecule has 1 fully saturated rings. The molecule has 2 aromatic rings. The zero-order valence-corrected chi connectivity index (χ0v) is 14.4. The number of halogens is 2. The first-order valence-electron chi connectivity index (χ1n) is 7.27. The fourth-order valence-electron chi connectivity index (χ4n) is 2.11. The summed E-state index contributed by atoms with van der Waals surface area (Å²) >= 11 is 0. The summed E-state index contributed by atoms with van der Waals surface area (Å²) in [5.41, 5.74) is -0.274. The molecule has 0 aliphatic heterocycles. The number of hydrogen-bond acceptors (Lipinski definition) is 4. The summed E-state index contributed by atoms with van der Waals surface area (Å²) in [6, 6.07) is 6.75. The Morgan fingerprint density at radius 3 is 1.76 bits per heavy atom. The van der Waals surface area contributed by atoms with Crippen LogP contribution >= 0.6 is 0 Å². The lowest BCUT2D eigenvalue weighted by molar-refractivity contribution is 0.579. The van der Waals surface area contributed by atoms with E-state index in [1.807, 2.05) is 4.72 Å². The summed E-state index contributed by atoms with van der Waals surface area (Å²) in [5.74, 6) is -1.85. The highest BCUT2D eigenvalue weighted by molar-refractivity contribution is 7.92. The monoisotopic (exact) mass is 388 g/mol. The standard InChI is InChI=1S/C15H14F2N2O4S2/c16-10-7-11(17)9-13(8-10)19-25(22,23)15-5-3-14(4-6-15)24(20,21)18-12-1-2-12/h3-9,12,18-19H,1-2H2. The van der Waals surface area contributed by atoms with Gasteiger partial charge in [-0.1, -0.05) is 0 Å². The van der Waals surface area contributed by atoms with Gasteiger partial charge in [-0.25, -0.2) is 30.3 Å². The predicted octanol–water partition coefficient (Wildman–Crippen LogP) is 2.21. The number of benzene rings is 2. The highest BCUT2D eigenvalue weighted by Gasteiger charge is 2.28. The Kier molecular flexibility index (Phi) is 4.52. The van der Waals surface area contributed by atoms with Crippen molar-refractivity contribution in [2.45, 2.75) is 28.7 Å². The van der Waals surface area contributed by atoms with Crippen LogP contribution in [0.1, 0.15) is 12.8 Å². The van der Waals surface area contributed by atoms with E-state index in [1.54, 1.807) is 0 Å². The third kappa shape index (κ3) is 4.33. The Balaban J connectivity index is 1.82. The van der Waals surface area contributed by atoms with Gasteiger partial charge in [0.15, 0.2) is 0 Å². The lowest BCUT2D eigenvalue weighted by Gasteiger charge is -2.10. The van der Waals surface area contributed by atoms with Crippen molar-refractivity contribution in [1.82, 2.24) is 4.72 Å². The minimum Gasteiger partial charge on any atom is -0.279 e. The lowest BCUT2D eigenvalue weighted by Crippen LogP contribution is -2.25. The maximum Gasteiger partial charge on any atom is 0.261 e. The fraction of sp³-hybridized carbons (Fsp3) is 0.200. The van der Waals surface area contributed by atoms with Crippen molar-refractivity contribution < 1.29 is 25.6 Å². The zero-order valence-electron chi connectivity index (χ0n) is 12.7. The molecule has 2 aromatic carbocycles. The second-order valence-electron chi connectivity index (χ2n) is 5.63. The van der Waals surface area contributed by atoms with Crippen LogP contribution in [-0.4, -0.2) is 22.9 Å². The van der Waals surface area contributed by atoms with Crippen molar-refractivity contribution in [2.75, 3.05) is 4.72 Å². The molecule has 134 valence electrons. The number of sulfonamides is 2. The molecule has 3 rings (SSSR count). The first-order valence-corrected chi connectivity index (χ1v) is 10.2. The van der Waals surface area contributed by atoms with Crippen LogP contribution < -0.4 is 9.44 Å². The second kappa shape index (κ2) is 6.36. The normalized spacial score (nSPS) is 15.1.